The molecule has 9 heteroatoms. The van der Waals surface area contributed by atoms with Crippen LogP contribution in [0.2, 0.25) is 0 Å². The average Bonchev–Trinajstić information content (AvgIpc) is 2.62. The number of nitrogens with zero attached hydrogens (tertiary/aromatic N) is 1. The number of ether oxygens (including phenoxy) is 3. The number of fused-ring (bicyclic) bond motifs is 1. The Morgan fingerprint density at radius 1 is 1.11 bits per heavy atom. The van der Waals surface area contributed by atoms with Gasteiger partial charge in [0.2, 0.25) is 5.91 Å². The molecule has 1 heterocycles. The van der Waals surface area contributed by atoms with Gasteiger partial charge in [0.05, 0.1) is 6.54 Å². The fourth-order valence-corrected chi connectivity index (χ4v) is 2.74. The number of alkyl halides is 3. The van der Waals surface area contributed by atoms with E-state index in [0.29, 0.717) is 36.9 Å². The number of likely N-dealkylation sites (N-methyl/N-ethyl adjacent to an activating group) is 1. The number of hydrogen-bond donors (Lipinski definition) is 1. The predicted octanol–water partition coefficient (Wildman–Crippen LogP) is 3.43. The summed E-state index contributed by atoms with van der Waals surface area (Å²) in [6.45, 7) is 1.65. The van der Waals surface area contributed by atoms with E-state index in [2.05, 4.69) is 10.1 Å². The topological polar surface area (TPSA) is 60.0 Å². The van der Waals surface area contributed by atoms with E-state index < -0.39 is 6.36 Å². The number of anilines is 1. The van der Waals surface area contributed by atoms with Gasteiger partial charge in [-0.3, -0.25) is 9.69 Å². The van der Waals surface area contributed by atoms with Gasteiger partial charge in [-0.15, -0.1) is 13.2 Å². The van der Waals surface area contributed by atoms with Crippen molar-refractivity contribution in [1.82, 2.24) is 4.90 Å². The van der Waals surface area contributed by atoms with Crippen molar-refractivity contribution in [1.29, 1.82) is 0 Å². The van der Waals surface area contributed by atoms with Crippen molar-refractivity contribution in [2.75, 3.05) is 32.1 Å². The Kier molecular flexibility index (Phi) is 5.93. The van der Waals surface area contributed by atoms with Crippen molar-refractivity contribution in [3.63, 3.8) is 0 Å². The largest absolute Gasteiger partial charge is 0.573 e. The molecular formula is C19H19F3N2O4. The molecule has 2 aromatic rings. The molecular weight excluding hydrogens is 377 g/mol. The molecule has 0 atom stereocenters. The number of carbonyl (C=O) groups excluding carboxylic acids is 1. The Hall–Kier alpha value is -2.94. The van der Waals surface area contributed by atoms with E-state index in [-0.39, 0.29) is 18.2 Å². The van der Waals surface area contributed by atoms with Crippen LogP contribution in [-0.4, -0.2) is 44.0 Å². The molecule has 1 amide bonds. The third-order valence-electron chi connectivity index (χ3n) is 3.84. The molecule has 0 spiro atoms. The third-order valence-corrected chi connectivity index (χ3v) is 3.84. The smallest absolute Gasteiger partial charge is 0.486 e. The van der Waals surface area contributed by atoms with E-state index >= 15 is 0 Å². The summed E-state index contributed by atoms with van der Waals surface area (Å²) < 4.78 is 51.3. The van der Waals surface area contributed by atoms with E-state index in [4.69, 9.17) is 9.47 Å². The van der Waals surface area contributed by atoms with Gasteiger partial charge in [-0.25, -0.2) is 0 Å². The first kappa shape index (κ1) is 19.8. The number of amides is 1. The molecule has 28 heavy (non-hydrogen) atoms. The molecule has 150 valence electrons. The number of hydrogen-bond acceptors (Lipinski definition) is 5. The molecule has 1 N–H and O–H groups in total. The van der Waals surface area contributed by atoms with Gasteiger partial charge < -0.3 is 19.5 Å². The standard InChI is InChI=1S/C19H19F3N2O4/c1-24(11-13-2-7-16-17(10-13)27-9-8-26-16)12-18(25)23-14-3-5-15(6-4-14)28-19(20,21)22/h2-7,10H,8-9,11-12H2,1H3,(H,23,25). The highest BCUT2D eigenvalue weighted by molar-refractivity contribution is 5.92. The molecule has 1 aliphatic heterocycles. The summed E-state index contributed by atoms with van der Waals surface area (Å²) in [6, 6.07) is 10.6. The minimum Gasteiger partial charge on any atom is -0.486 e. The van der Waals surface area contributed by atoms with Gasteiger partial charge in [-0.2, -0.15) is 0 Å². The fraction of sp³-hybridized carbons (Fsp3) is 0.316. The lowest BCUT2D eigenvalue weighted by Gasteiger charge is -2.21. The summed E-state index contributed by atoms with van der Waals surface area (Å²) in [6.07, 6.45) is -4.75. The van der Waals surface area contributed by atoms with Crippen molar-refractivity contribution in [2.24, 2.45) is 0 Å². The summed E-state index contributed by atoms with van der Waals surface area (Å²) in [5, 5.41) is 2.64. The summed E-state index contributed by atoms with van der Waals surface area (Å²) in [7, 11) is 1.79. The Labute approximate surface area is 159 Å². The number of rotatable bonds is 6. The van der Waals surface area contributed by atoms with Gasteiger partial charge in [0.15, 0.2) is 11.5 Å². The molecule has 2 aromatic carbocycles. The van der Waals surface area contributed by atoms with Gasteiger partial charge in [0, 0.05) is 12.2 Å². The van der Waals surface area contributed by atoms with E-state index in [1.807, 2.05) is 23.1 Å². The lowest BCUT2D eigenvalue weighted by Crippen LogP contribution is -2.29. The Morgan fingerprint density at radius 3 is 2.46 bits per heavy atom. The van der Waals surface area contributed by atoms with Crippen LogP contribution in [0.15, 0.2) is 42.5 Å². The molecule has 0 fully saturated rings. The van der Waals surface area contributed by atoms with Crippen LogP contribution in [0, 0.1) is 0 Å². The first-order valence-corrected chi connectivity index (χ1v) is 8.51. The Morgan fingerprint density at radius 2 is 1.79 bits per heavy atom. The Bertz CT molecular complexity index is 825. The first-order chi connectivity index (χ1) is 13.3. The summed E-state index contributed by atoms with van der Waals surface area (Å²) >= 11 is 0. The van der Waals surface area contributed by atoms with Gasteiger partial charge in [-0.05, 0) is 49.0 Å². The highest BCUT2D eigenvalue weighted by atomic mass is 19.4. The van der Waals surface area contributed by atoms with Crippen LogP contribution >= 0.6 is 0 Å². The fourth-order valence-electron chi connectivity index (χ4n) is 2.74. The Balaban J connectivity index is 1.50. The number of carbonyl (C=O) groups is 1. The monoisotopic (exact) mass is 396 g/mol. The van der Waals surface area contributed by atoms with Crippen molar-refractivity contribution >= 4 is 11.6 Å². The first-order valence-electron chi connectivity index (χ1n) is 8.51. The number of benzene rings is 2. The van der Waals surface area contributed by atoms with Crippen LogP contribution in [-0.2, 0) is 11.3 Å². The molecule has 0 unspecified atom stereocenters. The second kappa shape index (κ2) is 8.39. The van der Waals surface area contributed by atoms with Crippen LogP contribution in [0.3, 0.4) is 0 Å². The van der Waals surface area contributed by atoms with Crippen LogP contribution in [0.25, 0.3) is 0 Å². The average molecular weight is 396 g/mol. The molecule has 0 aliphatic carbocycles. The minimum absolute atomic E-state index is 0.106. The zero-order valence-electron chi connectivity index (χ0n) is 15.1. The third kappa shape index (κ3) is 5.78. The van der Waals surface area contributed by atoms with Gasteiger partial charge in [0.1, 0.15) is 19.0 Å². The van der Waals surface area contributed by atoms with Crippen molar-refractivity contribution in [3.05, 3.63) is 48.0 Å². The molecule has 0 saturated carbocycles. The zero-order chi connectivity index (χ0) is 20.1. The minimum atomic E-state index is -4.75. The summed E-state index contributed by atoms with van der Waals surface area (Å²) in [5.41, 5.74) is 1.35. The molecule has 0 aromatic heterocycles. The normalized spacial score (nSPS) is 13.3. The summed E-state index contributed by atoms with van der Waals surface area (Å²) in [4.78, 5) is 14.0. The quantitative estimate of drug-likeness (QED) is 0.811. The van der Waals surface area contributed by atoms with Gasteiger partial charge in [-0.1, -0.05) is 6.07 Å². The van der Waals surface area contributed by atoms with E-state index in [1.165, 1.54) is 12.1 Å². The van der Waals surface area contributed by atoms with Crippen LogP contribution in [0.1, 0.15) is 5.56 Å². The molecule has 3 rings (SSSR count). The second-order valence-electron chi connectivity index (χ2n) is 6.27. The molecule has 1 aliphatic rings. The van der Waals surface area contributed by atoms with Crippen molar-refractivity contribution < 1.29 is 32.2 Å². The maximum atomic E-state index is 12.2. The van der Waals surface area contributed by atoms with E-state index in [9.17, 15) is 18.0 Å². The van der Waals surface area contributed by atoms with Crippen molar-refractivity contribution in [3.8, 4) is 17.2 Å². The van der Waals surface area contributed by atoms with Crippen LogP contribution < -0.4 is 19.5 Å². The maximum Gasteiger partial charge on any atom is 0.573 e. The SMILES string of the molecule is CN(CC(=O)Nc1ccc(OC(F)(F)F)cc1)Cc1ccc2c(c1)OCCO2. The van der Waals surface area contributed by atoms with Crippen molar-refractivity contribution in [2.45, 2.75) is 12.9 Å². The predicted molar refractivity (Wildman–Crippen MR) is 95.5 cm³/mol. The number of nitrogens with one attached hydrogen (secondary N) is 1. The van der Waals surface area contributed by atoms with E-state index in [0.717, 1.165) is 17.7 Å². The highest BCUT2D eigenvalue weighted by Crippen LogP contribution is 2.31. The second-order valence-corrected chi connectivity index (χ2v) is 6.27. The highest BCUT2D eigenvalue weighted by Gasteiger charge is 2.30. The van der Waals surface area contributed by atoms with Crippen LogP contribution in [0.4, 0.5) is 18.9 Å². The number of halogens is 3. The summed E-state index contributed by atoms with van der Waals surface area (Å²) in [5.74, 6) is 0.752. The van der Waals surface area contributed by atoms with Gasteiger partial charge >= 0.3 is 6.36 Å². The lowest BCUT2D eigenvalue weighted by molar-refractivity contribution is -0.274. The van der Waals surface area contributed by atoms with Crippen LogP contribution in [0.5, 0.6) is 17.2 Å². The molecule has 0 bridgehead atoms. The maximum absolute atomic E-state index is 12.2. The van der Waals surface area contributed by atoms with Gasteiger partial charge in [0.25, 0.3) is 0 Å². The molecule has 6 nitrogen and oxygen atoms in total. The molecule has 0 saturated heterocycles. The van der Waals surface area contributed by atoms with E-state index in [1.54, 1.807) is 7.05 Å². The lowest BCUT2D eigenvalue weighted by atomic mass is 10.2. The zero-order valence-corrected chi connectivity index (χ0v) is 15.1. The molecule has 0 radical (unpaired) electrons.